The van der Waals surface area contributed by atoms with Crippen LogP contribution in [-0.2, 0) is 6.54 Å². The number of hydrogen-bond donors (Lipinski definition) is 1. The van der Waals surface area contributed by atoms with Crippen molar-refractivity contribution in [3.63, 3.8) is 0 Å². The molecular weight excluding hydrogens is 258 g/mol. The van der Waals surface area contributed by atoms with Gasteiger partial charge in [0.15, 0.2) is 0 Å². The molecule has 14 heavy (non-hydrogen) atoms. The third kappa shape index (κ3) is 4.58. The van der Waals surface area contributed by atoms with Crippen LogP contribution in [0.1, 0.15) is 32.1 Å². The second-order valence-corrected chi connectivity index (χ2v) is 6.53. The molecule has 0 saturated heterocycles. The van der Waals surface area contributed by atoms with Crippen molar-refractivity contribution in [1.29, 1.82) is 0 Å². The molecule has 1 heterocycles. The van der Waals surface area contributed by atoms with Crippen LogP contribution in [0.3, 0.4) is 0 Å². The van der Waals surface area contributed by atoms with E-state index >= 15 is 0 Å². The van der Waals surface area contributed by atoms with E-state index in [1.165, 1.54) is 15.8 Å². The van der Waals surface area contributed by atoms with Gasteiger partial charge in [0.2, 0.25) is 0 Å². The molecule has 0 unspecified atom stereocenters. The molecule has 1 nitrogen and oxygen atoms in total. The minimum Gasteiger partial charge on any atom is -0.312 e. The Morgan fingerprint density at radius 3 is 2.64 bits per heavy atom. The normalized spacial score (nSPS) is 12.0. The van der Waals surface area contributed by atoms with Gasteiger partial charge in [-0.2, -0.15) is 0 Å². The van der Waals surface area contributed by atoms with Crippen LogP contribution in [0.15, 0.2) is 15.9 Å². The number of rotatable bonds is 4. The Kier molecular flexibility index (Phi) is 4.61. The molecule has 0 aliphatic rings. The lowest BCUT2D eigenvalue weighted by Gasteiger charge is -2.17. The molecule has 0 aromatic carbocycles. The van der Waals surface area contributed by atoms with Gasteiger partial charge in [-0.25, -0.2) is 0 Å². The van der Waals surface area contributed by atoms with E-state index in [0.717, 1.165) is 13.1 Å². The maximum Gasteiger partial charge on any atom is 0.0327 e. The van der Waals surface area contributed by atoms with Crippen molar-refractivity contribution in [3.05, 3.63) is 20.8 Å². The molecule has 80 valence electrons. The number of nitrogens with one attached hydrogen (secondary N) is 1. The minimum atomic E-state index is 0.430. The molecule has 0 aliphatic heterocycles. The van der Waals surface area contributed by atoms with Crippen molar-refractivity contribution >= 4 is 27.3 Å². The zero-order valence-corrected chi connectivity index (χ0v) is 11.5. The zero-order valence-electron chi connectivity index (χ0n) is 9.06. The highest BCUT2D eigenvalue weighted by molar-refractivity contribution is 9.10. The third-order valence-electron chi connectivity index (χ3n) is 2.03. The highest BCUT2D eigenvalue weighted by atomic mass is 79.9. The summed E-state index contributed by atoms with van der Waals surface area (Å²) in [5.74, 6) is 0. The fourth-order valence-electron chi connectivity index (χ4n) is 1.12. The molecule has 0 fully saturated rings. The second kappa shape index (κ2) is 5.29. The molecule has 1 rings (SSSR count). The molecule has 0 saturated carbocycles. The van der Waals surface area contributed by atoms with Crippen LogP contribution >= 0.6 is 27.3 Å². The lowest BCUT2D eigenvalue weighted by molar-refractivity contribution is 0.367. The van der Waals surface area contributed by atoms with Crippen LogP contribution in [0.4, 0.5) is 0 Å². The fraction of sp³-hybridized carbons (Fsp3) is 0.636. The lowest BCUT2D eigenvalue weighted by Crippen LogP contribution is -2.19. The Labute approximate surface area is 99.0 Å². The van der Waals surface area contributed by atoms with E-state index in [2.05, 4.69) is 53.5 Å². The first kappa shape index (κ1) is 12.2. The lowest BCUT2D eigenvalue weighted by atomic mass is 9.92. The maximum atomic E-state index is 3.53. The first-order valence-corrected chi connectivity index (χ1v) is 6.59. The molecule has 0 aliphatic carbocycles. The third-order valence-corrected chi connectivity index (χ3v) is 3.95. The highest BCUT2D eigenvalue weighted by Gasteiger charge is 2.09. The summed E-state index contributed by atoms with van der Waals surface area (Å²) in [6, 6.07) is 2.10. The van der Waals surface area contributed by atoms with Gasteiger partial charge in [0, 0.05) is 15.9 Å². The Morgan fingerprint density at radius 2 is 2.14 bits per heavy atom. The predicted octanol–water partition coefficient (Wildman–Crippen LogP) is 4.04. The van der Waals surface area contributed by atoms with Crippen molar-refractivity contribution in [1.82, 2.24) is 5.32 Å². The van der Waals surface area contributed by atoms with Crippen molar-refractivity contribution in [2.24, 2.45) is 5.41 Å². The summed E-state index contributed by atoms with van der Waals surface area (Å²) in [4.78, 5) is 1.39. The predicted molar refractivity (Wildman–Crippen MR) is 67.8 cm³/mol. The molecule has 0 radical (unpaired) electrons. The standard InChI is InChI=1S/C11H18BrNS/c1-11(2,3)5-6-13-8-10-9(12)4-7-14-10/h4,7,13H,5-6,8H2,1-3H3. The van der Waals surface area contributed by atoms with E-state index in [1.54, 1.807) is 11.3 Å². The van der Waals surface area contributed by atoms with Gasteiger partial charge in [-0.3, -0.25) is 0 Å². The van der Waals surface area contributed by atoms with Gasteiger partial charge in [0.05, 0.1) is 0 Å². The Morgan fingerprint density at radius 1 is 1.43 bits per heavy atom. The minimum absolute atomic E-state index is 0.430. The van der Waals surface area contributed by atoms with Gasteiger partial charge < -0.3 is 5.32 Å². The number of thiophene rings is 1. The summed E-state index contributed by atoms with van der Waals surface area (Å²) in [7, 11) is 0. The van der Waals surface area contributed by atoms with Crippen molar-refractivity contribution in [2.75, 3.05) is 6.54 Å². The molecule has 0 spiro atoms. The van der Waals surface area contributed by atoms with E-state index < -0.39 is 0 Å². The van der Waals surface area contributed by atoms with Gasteiger partial charge in [-0.1, -0.05) is 20.8 Å². The van der Waals surface area contributed by atoms with Gasteiger partial charge in [0.25, 0.3) is 0 Å². The summed E-state index contributed by atoms with van der Waals surface area (Å²) in [5, 5.41) is 5.58. The van der Waals surface area contributed by atoms with E-state index in [4.69, 9.17) is 0 Å². The molecule has 3 heteroatoms. The first-order valence-electron chi connectivity index (χ1n) is 4.92. The summed E-state index contributed by atoms with van der Waals surface area (Å²) in [5.41, 5.74) is 0.430. The van der Waals surface area contributed by atoms with Crippen LogP contribution in [0.5, 0.6) is 0 Å². The van der Waals surface area contributed by atoms with Crippen molar-refractivity contribution in [2.45, 2.75) is 33.7 Å². The molecule has 1 aromatic heterocycles. The van der Waals surface area contributed by atoms with Gasteiger partial charge >= 0.3 is 0 Å². The molecule has 1 aromatic rings. The van der Waals surface area contributed by atoms with E-state index in [-0.39, 0.29) is 0 Å². The molecule has 1 N–H and O–H groups in total. The van der Waals surface area contributed by atoms with Gasteiger partial charge in [-0.15, -0.1) is 11.3 Å². The maximum absolute atomic E-state index is 3.53. The van der Waals surface area contributed by atoms with E-state index in [9.17, 15) is 0 Å². The average molecular weight is 276 g/mol. The Balaban J connectivity index is 2.20. The zero-order chi connectivity index (χ0) is 10.6. The second-order valence-electron chi connectivity index (χ2n) is 4.68. The molecule has 0 atom stereocenters. The fourth-order valence-corrected chi connectivity index (χ4v) is 2.58. The average Bonchev–Trinajstić information content (AvgIpc) is 2.44. The Bertz CT molecular complexity index is 275. The van der Waals surface area contributed by atoms with Crippen LogP contribution in [0.2, 0.25) is 0 Å². The van der Waals surface area contributed by atoms with E-state index in [0.29, 0.717) is 5.41 Å². The summed E-state index contributed by atoms with van der Waals surface area (Å²) < 4.78 is 1.23. The van der Waals surface area contributed by atoms with Gasteiger partial charge in [-0.05, 0) is 45.8 Å². The Hall–Kier alpha value is 0.140. The summed E-state index contributed by atoms with van der Waals surface area (Å²) >= 11 is 5.33. The van der Waals surface area contributed by atoms with Crippen LogP contribution < -0.4 is 5.32 Å². The highest BCUT2D eigenvalue weighted by Crippen LogP contribution is 2.22. The van der Waals surface area contributed by atoms with Crippen molar-refractivity contribution in [3.8, 4) is 0 Å². The quantitative estimate of drug-likeness (QED) is 0.818. The van der Waals surface area contributed by atoms with Crippen LogP contribution in [0.25, 0.3) is 0 Å². The largest absolute Gasteiger partial charge is 0.312 e. The smallest absolute Gasteiger partial charge is 0.0327 e. The SMILES string of the molecule is CC(C)(C)CCNCc1sccc1Br. The molecular formula is C11H18BrNS. The van der Waals surface area contributed by atoms with Crippen LogP contribution in [0, 0.1) is 5.41 Å². The van der Waals surface area contributed by atoms with Crippen LogP contribution in [-0.4, -0.2) is 6.54 Å². The summed E-state index contributed by atoms with van der Waals surface area (Å²) in [6.45, 7) is 8.89. The summed E-state index contributed by atoms with van der Waals surface area (Å²) in [6.07, 6.45) is 1.22. The van der Waals surface area contributed by atoms with Gasteiger partial charge in [0.1, 0.15) is 0 Å². The number of hydrogen-bond acceptors (Lipinski definition) is 2. The number of halogens is 1. The first-order chi connectivity index (χ1) is 6.49. The molecule has 0 amide bonds. The topological polar surface area (TPSA) is 12.0 Å². The van der Waals surface area contributed by atoms with E-state index in [1.807, 2.05) is 0 Å². The monoisotopic (exact) mass is 275 g/mol. The molecule has 0 bridgehead atoms. The van der Waals surface area contributed by atoms with Crippen molar-refractivity contribution < 1.29 is 0 Å².